The predicted octanol–water partition coefficient (Wildman–Crippen LogP) is 1.58. The van der Waals surface area contributed by atoms with Crippen molar-refractivity contribution in [2.75, 3.05) is 6.54 Å². The fraction of sp³-hybridized carbons (Fsp3) is 0.538. The molecule has 1 aliphatic carbocycles. The third kappa shape index (κ3) is 1.93. The van der Waals surface area contributed by atoms with Crippen LogP contribution in [0.25, 0.3) is 0 Å². The number of hydrogen-bond acceptors (Lipinski definition) is 5. The summed E-state index contributed by atoms with van der Waals surface area (Å²) in [5, 5.41) is 8.56. The van der Waals surface area contributed by atoms with E-state index in [-0.39, 0.29) is 5.91 Å². The van der Waals surface area contributed by atoms with Gasteiger partial charge in [0.15, 0.2) is 0 Å². The number of carbonyl (C=O) groups is 1. The van der Waals surface area contributed by atoms with Crippen LogP contribution in [0, 0.1) is 6.92 Å². The van der Waals surface area contributed by atoms with E-state index in [1.807, 2.05) is 11.8 Å². The second-order valence-electron chi connectivity index (χ2n) is 5.47. The van der Waals surface area contributed by atoms with Crippen molar-refractivity contribution in [3.63, 3.8) is 0 Å². The molecule has 0 atom stereocenters. The van der Waals surface area contributed by atoms with Gasteiger partial charge in [-0.2, -0.15) is 5.10 Å². The van der Waals surface area contributed by atoms with Crippen LogP contribution >= 0.6 is 11.5 Å². The molecule has 1 aliphatic heterocycles. The van der Waals surface area contributed by atoms with E-state index in [0.29, 0.717) is 23.9 Å². The first kappa shape index (κ1) is 12.0. The highest BCUT2D eigenvalue weighted by Crippen LogP contribution is 2.39. The van der Waals surface area contributed by atoms with Crippen LogP contribution in [0.3, 0.4) is 0 Å². The third-order valence-corrected chi connectivity index (χ3v) is 4.76. The number of rotatable bonds is 2. The highest BCUT2D eigenvalue weighted by atomic mass is 32.1. The minimum absolute atomic E-state index is 0.0397. The number of nitrogens with zero attached hydrogens (tertiary/aromatic N) is 5. The van der Waals surface area contributed by atoms with Crippen molar-refractivity contribution >= 4 is 17.4 Å². The average molecular weight is 289 g/mol. The largest absolute Gasteiger partial charge is 0.330 e. The average Bonchev–Trinajstić information content (AvgIpc) is 3.08. The van der Waals surface area contributed by atoms with E-state index in [9.17, 15) is 4.79 Å². The SMILES string of the molecule is Cc1nnsc1C(=O)N1CCn2nc(C3CC3)cc2C1. The molecule has 4 rings (SSSR count). The molecule has 2 aromatic rings. The van der Waals surface area contributed by atoms with E-state index >= 15 is 0 Å². The van der Waals surface area contributed by atoms with Gasteiger partial charge in [0.05, 0.1) is 30.2 Å². The zero-order valence-electron chi connectivity index (χ0n) is 11.2. The molecule has 20 heavy (non-hydrogen) atoms. The summed E-state index contributed by atoms with van der Waals surface area (Å²) in [6.07, 6.45) is 2.51. The lowest BCUT2D eigenvalue weighted by atomic mass is 10.2. The molecule has 1 saturated carbocycles. The fourth-order valence-corrected chi connectivity index (χ4v) is 3.24. The Bertz CT molecular complexity index is 672. The zero-order chi connectivity index (χ0) is 13.7. The molecule has 0 unspecified atom stereocenters. The lowest BCUT2D eigenvalue weighted by Gasteiger charge is -2.27. The van der Waals surface area contributed by atoms with E-state index in [1.165, 1.54) is 30.1 Å². The topological polar surface area (TPSA) is 63.9 Å². The monoisotopic (exact) mass is 289 g/mol. The standard InChI is InChI=1S/C13H15N5OS/c1-8-12(20-16-14-8)13(19)17-4-5-18-10(7-17)6-11(15-18)9-2-3-9/h6,9H,2-5,7H2,1H3. The maximum atomic E-state index is 12.5. The highest BCUT2D eigenvalue weighted by molar-refractivity contribution is 7.07. The fourth-order valence-electron chi connectivity index (χ4n) is 2.61. The molecule has 3 heterocycles. The van der Waals surface area contributed by atoms with Crippen LogP contribution in [-0.4, -0.2) is 36.7 Å². The van der Waals surface area contributed by atoms with Gasteiger partial charge in [-0.15, -0.1) is 5.10 Å². The van der Waals surface area contributed by atoms with Crippen LogP contribution in [0.5, 0.6) is 0 Å². The van der Waals surface area contributed by atoms with E-state index in [1.54, 1.807) is 0 Å². The van der Waals surface area contributed by atoms with Crippen LogP contribution in [0.4, 0.5) is 0 Å². The first-order chi connectivity index (χ1) is 9.72. The van der Waals surface area contributed by atoms with Gasteiger partial charge in [-0.05, 0) is 37.4 Å². The van der Waals surface area contributed by atoms with Crippen LogP contribution < -0.4 is 0 Å². The molecule has 0 bridgehead atoms. The van der Waals surface area contributed by atoms with Gasteiger partial charge < -0.3 is 4.90 Å². The lowest BCUT2D eigenvalue weighted by Crippen LogP contribution is -2.38. The van der Waals surface area contributed by atoms with Crippen molar-refractivity contribution in [3.8, 4) is 0 Å². The molecular weight excluding hydrogens is 274 g/mol. The van der Waals surface area contributed by atoms with Crippen LogP contribution in [0.2, 0.25) is 0 Å². The Morgan fingerprint density at radius 2 is 2.25 bits per heavy atom. The lowest BCUT2D eigenvalue weighted by molar-refractivity contribution is 0.0710. The highest BCUT2D eigenvalue weighted by Gasteiger charge is 2.30. The molecule has 2 aliphatic rings. The molecule has 0 aromatic carbocycles. The molecule has 1 amide bonds. The summed E-state index contributed by atoms with van der Waals surface area (Å²) in [4.78, 5) is 15.0. The smallest absolute Gasteiger partial charge is 0.267 e. The Labute approximate surface area is 120 Å². The summed E-state index contributed by atoms with van der Waals surface area (Å²) in [6.45, 7) is 3.94. The minimum Gasteiger partial charge on any atom is -0.330 e. The van der Waals surface area contributed by atoms with Crippen LogP contribution in [0.1, 0.15) is 45.5 Å². The molecule has 6 nitrogen and oxygen atoms in total. The zero-order valence-corrected chi connectivity index (χ0v) is 12.1. The maximum absolute atomic E-state index is 12.5. The van der Waals surface area contributed by atoms with E-state index in [2.05, 4.69) is 25.4 Å². The van der Waals surface area contributed by atoms with Crippen molar-refractivity contribution in [3.05, 3.63) is 28.0 Å². The number of hydrogen-bond donors (Lipinski definition) is 0. The summed E-state index contributed by atoms with van der Waals surface area (Å²) in [7, 11) is 0. The molecule has 1 fully saturated rings. The Morgan fingerprint density at radius 3 is 2.95 bits per heavy atom. The molecule has 0 radical (unpaired) electrons. The van der Waals surface area contributed by atoms with Crippen molar-refractivity contribution in [2.24, 2.45) is 0 Å². The Kier molecular flexibility index (Phi) is 2.63. The van der Waals surface area contributed by atoms with E-state index in [0.717, 1.165) is 17.9 Å². The Hall–Kier alpha value is -1.76. The van der Waals surface area contributed by atoms with E-state index < -0.39 is 0 Å². The first-order valence-corrected chi connectivity index (χ1v) is 7.64. The van der Waals surface area contributed by atoms with Crippen molar-refractivity contribution in [2.45, 2.75) is 38.8 Å². The second kappa shape index (κ2) is 4.37. The van der Waals surface area contributed by atoms with Gasteiger partial charge in [0.2, 0.25) is 0 Å². The van der Waals surface area contributed by atoms with Crippen molar-refractivity contribution in [1.82, 2.24) is 24.3 Å². The van der Waals surface area contributed by atoms with Gasteiger partial charge in [-0.1, -0.05) is 4.49 Å². The van der Waals surface area contributed by atoms with Gasteiger partial charge >= 0.3 is 0 Å². The van der Waals surface area contributed by atoms with Gasteiger partial charge in [0, 0.05) is 12.5 Å². The number of carbonyl (C=O) groups excluding carboxylic acids is 1. The van der Waals surface area contributed by atoms with Gasteiger partial charge in [-0.25, -0.2) is 0 Å². The first-order valence-electron chi connectivity index (χ1n) is 6.87. The van der Waals surface area contributed by atoms with Crippen LogP contribution in [0.15, 0.2) is 6.07 Å². The number of fused-ring (bicyclic) bond motifs is 1. The molecule has 2 aromatic heterocycles. The van der Waals surface area contributed by atoms with Gasteiger partial charge in [-0.3, -0.25) is 9.48 Å². The summed E-state index contributed by atoms with van der Waals surface area (Å²) in [5.41, 5.74) is 3.06. The Morgan fingerprint density at radius 1 is 1.40 bits per heavy atom. The van der Waals surface area contributed by atoms with Gasteiger partial charge in [0.1, 0.15) is 4.88 Å². The molecule has 104 valence electrons. The van der Waals surface area contributed by atoms with Crippen molar-refractivity contribution in [1.29, 1.82) is 0 Å². The summed E-state index contributed by atoms with van der Waals surface area (Å²) >= 11 is 1.18. The summed E-state index contributed by atoms with van der Waals surface area (Å²) in [6, 6.07) is 2.16. The second-order valence-corrected chi connectivity index (χ2v) is 6.23. The molecular formula is C13H15N5OS. The molecule has 0 spiro atoms. The van der Waals surface area contributed by atoms with Crippen LogP contribution in [-0.2, 0) is 13.1 Å². The summed E-state index contributed by atoms with van der Waals surface area (Å²) in [5.74, 6) is 0.697. The number of aromatic nitrogens is 4. The predicted molar refractivity (Wildman–Crippen MR) is 73.6 cm³/mol. The number of aryl methyl sites for hydroxylation is 1. The summed E-state index contributed by atoms with van der Waals surface area (Å²) < 4.78 is 5.89. The Balaban J connectivity index is 1.57. The quantitative estimate of drug-likeness (QED) is 0.842. The third-order valence-electron chi connectivity index (χ3n) is 3.95. The number of amides is 1. The maximum Gasteiger partial charge on any atom is 0.267 e. The van der Waals surface area contributed by atoms with E-state index in [4.69, 9.17) is 0 Å². The van der Waals surface area contributed by atoms with Gasteiger partial charge in [0.25, 0.3) is 5.91 Å². The molecule has 0 saturated heterocycles. The minimum atomic E-state index is 0.0397. The van der Waals surface area contributed by atoms with Crippen molar-refractivity contribution < 1.29 is 4.79 Å². The molecule has 0 N–H and O–H groups in total. The molecule has 7 heteroatoms. The normalized spacial score (nSPS) is 18.1.